The third kappa shape index (κ3) is 5.22. The van der Waals surface area contributed by atoms with E-state index in [1.807, 2.05) is 59.5 Å². The van der Waals surface area contributed by atoms with Gasteiger partial charge in [0.1, 0.15) is 0 Å². The molecule has 2 fully saturated rings. The van der Waals surface area contributed by atoms with E-state index < -0.39 is 0 Å². The number of amides is 3. The van der Waals surface area contributed by atoms with Crippen LogP contribution in [0, 0.1) is 0 Å². The Morgan fingerprint density at radius 2 is 1.47 bits per heavy atom. The Balaban J connectivity index is 1.40. The molecule has 2 saturated heterocycles. The number of hydrogen-bond acceptors (Lipinski definition) is 4. The second-order valence-corrected chi connectivity index (χ2v) is 8.61. The van der Waals surface area contributed by atoms with E-state index >= 15 is 0 Å². The first-order valence-corrected chi connectivity index (χ1v) is 11.4. The highest BCUT2D eigenvalue weighted by molar-refractivity contribution is 5.95. The molecule has 0 aromatic heterocycles. The summed E-state index contributed by atoms with van der Waals surface area (Å²) in [7, 11) is 0. The number of nitrogens with one attached hydrogen (secondary N) is 1. The van der Waals surface area contributed by atoms with E-state index in [9.17, 15) is 9.59 Å². The molecular weight excluding hydrogens is 404 g/mol. The van der Waals surface area contributed by atoms with Crippen molar-refractivity contribution in [3.8, 4) is 0 Å². The molecule has 2 aromatic carbocycles. The molecule has 0 aliphatic carbocycles. The Morgan fingerprint density at radius 3 is 2.22 bits per heavy atom. The lowest BCUT2D eigenvalue weighted by atomic mass is 10.1. The van der Waals surface area contributed by atoms with E-state index in [-0.39, 0.29) is 24.1 Å². The minimum atomic E-state index is -0.124. The lowest BCUT2D eigenvalue weighted by Crippen LogP contribution is -2.46. The van der Waals surface area contributed by atoms with Crippen LogP contribution < -0.4 is 10.2 Å². The number of hydrogen-bond donors (Lipinski definition) is 1. The van der Waals surface area contributed by atoms with Crippen molar-refractivity contribution in [1.29, 1.82) is 0 Å². The maximum atomic E-state index is 13.1. The smallest absolute Gasteiger partial charge is 0.321 e. The standard InChI is InChI=1S/C25H32N4O3/c1-19-17-29(18-20(2)32-19)23-12-7-6-11-22(23)26-25(31)28-14-8-13-27(15-16-28)24(30)21-9-4-3-5-10-21/h3-7,9-12,19-20H,8,13-18H2,1-2H3,(H,26,31). The van der Waals surface area contributed by atoms with Gasteiger partial charge in [0.05, 0.1) is 23.6 Å². The van der Waals surface area contributed by atoms with Crippen molar-refractivity contribution in [3.63, 3.8) is 0 Å². The number of urea groups is 1. The van der Waals surface area contributed by atoms with E-state index in [0.29, 0.717) is 31.7 Å². The molecular formula is C25H32N4O3. The van der Waals surface area contributed by atoms with Gasteiger partial charge in [-0.2, -0.15) is 0 Å². The number of carbonyl (C=O) groups excluding carboxylic acids is 2. The largest absolute Gasteiger partial charge is 0.372 e. The van der Waals surface area contributed by atoms with Crippen molar-refractivity contribution in [3.05, 3.63) is 60.2 Å². The molecule has 0 spiro atoms. The Labute approximate surface area is 189 Å². The van der Waals surface area contributed by atoms with Crippen molar-refractivity contribution in [2.75, 3.05) is 49.5 Å². The lowest BCUT2D eigenvalue weighted by Gasteiger charge is -2.37. The number of carbonyl (C=O) groups is 2. The van der Waals surface area contributed by atoms with E-state index in [1.54, 1.807) is 4.90 Å². The Morgan fingerprint density at radius 1 is 0.844 bits per heavy atom. The predicted molar refractivity (Wildman–Crippen MR) is 126 cm³/mol. The lowest BCUT2D eigenvalue weighted by molar-refractivity contribution is -0.00517. The van der Waals surface area contributed by atoms with Crippen LogP contribution in [0.25, 0.3) is 0 Å². The minimum Gasteiger partial charge on any atom is -0.372 e. The monoisotopic (exact) mass is 436 g/mol. The molecule has 0 bridgehead atoms. The summed E-state index contributed by atoms with van der Waals surface area (Å²) in [6.45, 7) is 8.04. The van der Waals surface area contributed by atoms with Gasteiger partial charge in [-0.25, -0.2) is 4.79 Å². The summed E-state index contributed by atoms with van der Waals surface area (Å²) >= 11 is 0. The zero-order chi connectivity index (χ0) is 22.5. The second kappa shape index (κ2) is 10.0. The fourth-order valence-corrected chi connectivity index (χ4v) is 4.51. The van der Waals surface area contributed by atoms with E-state index in [2.05, 4.69) is 24.1 Å². The normalized spacial score (nSPS) is 21.8. The molecule has 1 N–H and O–H groups in total. The van der Waals surface area contributed by atoms with Gasteiger partial charge in [0.25, 0.3) is 5.91 Å². The first kappa shape index (κ1) is 22.1. The number of benzene rings is 2. The van der Waals surface area contributed by atoms with Crippen LogP contribution >= 0.6 is 0 Å². The highest BCUT2D eigenvalue weighted by Crippen LogP contribution is 2.29. The number of anilines is 2. The highest BCUT2D eigenvalue weighted by Gasteiger charge is 2.26. The van der Waals surface area contributed by atoms with E-state index in [1.165, 1.54) is 0 Å². The van der Waals surface area contributed by atoms with Crippen LogP contribution in [0.5, 0.6) is 0 Å². The zero-order valence-corrected chi connectivity index (χ0v) is 18.9. The molecule has 2 heterocycles. The summed E-state index contributed by atoms with van der Waals surface area (Å²) in [5.41, 5.74) is 2.51. The molecule has 2 aliphatic rings. The number of nitrogens with zero attached hydrogens (tertiary/aromatic N) is 3. The highest BCUT2D eigenvalue weighted by atomic mass is 16.5. The number of rotatable bonds is 3. The first-order chi connectivity index (χ1) is 15.5. The van der Waals surface area contributed by atoms with Gasteiger partial charge >= 0.3 is 6.03 Å². The maximum absolute atomic E-state index is 13.1. The molecule has 2 unspecified atom stereocenters. The van der Waals surface area contributed by atoms with Crippen molar-refractivity contribution in [2.45, 2.75) is 32.5 Å². The molecule has 2 atom stereocenters. The van der Waals surface area contributed by atoms with Gasteiger partial charge in [0, 0.05) is 44.8 Å². The summed E-state index contributed by atoms with van der Waals surface area (Å²) < 4.78 is 5.86. The number of para-hydroxylation sites is 2. The molecule has 3 amide bonds. The molecule has 4 rings (SSSR count). The third-order valence-electron chi connectivity index (χ3n) is 6.00. The Kier molecular flexibility index (Phi) is 6.95. The van der Waals surface area contributed by atoms with Gasteiger partial charge in [-0.3, -0.25) is 4.79 Å². The zero-order valence-electron chi connectivity index (χ0n) is 18.9. The summed E-state index contributed by atoms with van der Waals surface area (Å²) in [6, 6.07) is 17.1. The Hall–Kier alpha value is -3.06. The van der Waals surface area contributed by atoms with Gasteiger partial charge in [0.15, 0.2) is 0 Å². The average molecular weight is 437 g/mol. The van der Waals surface area contributed by atoms with Crippen LogP contribution in [-0.2, 0) is 4.74 Å². The SMILES string of the molecule is CC1CN(c2ccccc2NC(=O)N2CCCN(C(=O)c3ccccc3)CC2)CC(C)O1. The third-order valence-corrected chi connectivity index (χ3v) is 6.00. The quantitative estimate of drug-likeness (QED) is 0.797. The second-order valence-electron chi connectivity index (χ2n) is 8.61. The van der Waals surface area contributed by atoms with Crippen molar-refractivity contribution in [2.24, 2.45) is 0 Å². The average Bonchev–Trinajstić information content (AvgIpc) is 3.05. The summed E-state index contributed by atoms with van der Waals surface area (Å²) in [5.74, 6) is 0.0220. The topological polar surface area (TPSA) is 65.1 Å². The summed E-state index contributed by atoms with van der Waals surface area (Å²) in [4.78, 5) is 31.8. The molecule has 7 heteroatoms. The summed E-state index contributed by atoms with van der Waals surface area (Å²) in [5, 5.41) is 3.11. The maximum Gasteiger partial charge on any atom is 0.321 e. The van der Waals surface area contributed by atoms with Gasteiger partial charge in [0.2, 0.25) is 0 Å². The van der Waals surface area contributed by atoms with Crippen molar-refractivity contribution >= 4 is 23.3 Å². The fourth-order valence-electron chi connectivity index (χ4n) is 4.51. The van der Waals surface area contributed by atoms with Gasteiger partial charge in [-0.1, -0.05) is 30.3 Å². The first-order valence-electron chi connectivity index (χ1n) is 11.4. The van der Waals surface area contributed by atoms with Crippen LogP contribution in [0.4, 0.5) is 16.2 Å². The molecule has 170 valence electrons. The Bertz CT molecular complexity index is 926. The predicted octanol–water partition coefficient (Wildman–Crippen LogP) is 3.68. The molecule has 0 saturated carbocycles. The van der Waals surface area contributed by atoms with Crippen LogP contribution in [0.3, 0.4) is 0 Å². The van der Waals surface area contributed by atoms with E-state index in [4.69, 9.17) is 4.74 Å². The van der Waals surface area contributed by atoms with Crippen LogP contribution in [0.15, 0.2) is 54.6 Å². The summed E-state index contributed by atoms with van der Waals surface area (Å²) in [6.07, 6.45) is 1.04. The molecule has 32 heavy (non-hydrogen) atoms. The van der Waals surface area contributed by atoms with Crippen molar-refractivity contribution in [1.82, 2.24) is 9.80 Å². The number of ether oxygens (including phenoxy) is 1. The van der Waals surface area contributed by atoms with Gasteiger partial charge in [-0.05, 0) is 44.5 Å². The number of morpholine rings is 1. The van der Waals surface area contributed by atoms with Crippen LogP contribution in [-0.4, -0.2) is 73.2 Å². The van der Waals surface area contributed by atoms with Gasteiger partial charge in [-0.15, -0.1) is 0 Å². The van der Waals surface area contributed by atoms with Crippen LogP contribution in [0.2, 0.25) is 0 Å². The van der Waals surface area contributed by atoms with E-state index in [0.717, 1.165) is 30.9 Å². The molecule has 2 aliphatic heterocycles. The fraction of sp³-hybridized carbons (Fsp3) is 0.440. The molecule has 0 radical (unpaired) electrons. The van der Waals surface area contributed by atoms with Crippen molar-refractivity contribution < 1.29 is 14.3 Å². The molecule has 7 nitrogen and oxygen atoms in total. The van der Waals surface area contributed by atoms with Crippen LogP contribution in [0.1, 0.15) is 30.6 Å². The molecule has 2 aromatic rings. The van der Waals surface area contributed by atoms with Gasteiger partial charge < -0.3 is 24.8 Å². The minimum absolute atomic E-state index is 0.0220.